The fourth-order valence-electron chi connectivity index (χ4n) is 2.59. The van der Waals surface area contributed by atoms with Crippen molar-refractivity contribution in [1.29, 1.82) is 0 Å². The lowest BCUT2D eigenvalue weighted by Crippen LogP contribution is -2.12. The zero-order chi connectivity index (χ0) is 15.8. The van der Waals surface area contributed by atoms with Gasteiger partial charge in [-0.15, -0.1) is 0 Å². The van der Waals surface area contributed by atoms with E-state index in [4.69, 9.17) is 5.73 Å². The van der Waals surface area contributed by atoms with Gasteiger partial charge in [-0.05, 0) is 41.1 Å². The Labute approximate surface area is 136 Å². The first-order valence-electron chi connectivity index (χ1n) is 7.15. The number of benzene rings is 3. The number of H-pyrrole nitrogens is 1. The number of nitrogens with two attached hydrogens (primary N) is 1. The van der Waals surface area contributed by atoms with Crippen LogP contribution in [0.15, 0.2) is 75.2 Å². The Morgan fingerprint density at radius 3 is 2.52 bits per heavy atom. The van der Waals surface area contributed by atoms with Gasteiger partial charge in [0.25, 0.3) is 0 Å². The summed E-state index contributed by atoms with van der Waals surface area (Å²) in [6.07, 6.45) is 0. The van der Waals surface area contributed by atoms with Gasteiger partial charge in [0.2, 0.25) is 0 Å². The monoisotopic (exact) mass is 319 g/mol. The first kappa shape index (κ1) is 13.8. The lowest BCUT2D eigenvalue weighted by atomic mass is 10.1. The molecule has 0 saturated heterocycles. The smallest absolute Gasteiger partial charge is 0.347 e. The third kappa shape index (κ3) is 2.66. The average molecular weight is 319 g/mol. The summed E-state index contributed by atoms with van der Waals surface area (Å²) in [5.74, 6) is 0.254. The van der Waals surface area contributed by atoms with Gasteiger partial charge in [0.1, 0.15) is 5.82 Å². The van der Waals surface area contributed by atoms with Crippen LogP contribution < -0.4 is 11.4 Å². The highest BCUT2D eigenvalue weighted by atomic mass is 32.2. The van der Waals surface area contributed by atoms with Gasteiger partial charge in [-0.25, -0.2) is 4.79 Å². The second-order valence-electron chi connectivity index (χ2n) is 5.25. The molecule has 3 aromatic carbocycles. The van der Waals surface area contributed by atoms with Crippen molar-refractivity contribution in [2.45, 2.75) is 9.79 Å². The third-order valence-corrected chi connectivity index (χ3v) is 4.67. The van der Waals surface area contributed by atoms with Crippen molar-refractivity contribution in [3.8, 4) is 0 Å². The van der Waals surface area contributed by atoms with Crippen molar-refractivity contribution < 1.29 is 0 Å². The molecule has 3 N–H and O–H groups in total. The molecule has 112 valence electrons. The van der Waals surface area contributed by atoms with E-state index in [1.165, 1.54) is 10.8 Å². The molecule has 0 bridgehead atoms. The van der Waals surface area contributed by atoms with Crippen LogP contribution in [0.4, 0.5) is 5.82 Å². The van der Waals surface area contributed by atoms with E-state index in [9.17, 15) is 4.79 Å². The molecule has 4 rings (SSSR count). The number of nitrogens with one attached hydrogen (secondary N) is 1. The molecule has 0 aliphatic rings. The lowest BCUT2D eigenvalue weighted by molar-refractivity contribution is 1.12. The number of fused-ring (bicyclic) bond motifs is 2. The van der Waals surface area contributed by atoms with Crippen LogP contribution in [0.1, 0.15) is 0 Å². The molecular weight excluding hydrogens is 306 g/mol. The second kappa shape index (κ2) is 5.44. The third-order valence-electron chi connectivity index (χ3n) is 3.69. The van der Waals surface area contributed by atoms with Gasteiger partial charge in [0, 0.05) is 15.2 Å². The van der Waals surface area contributed by atoms with Crippen LogP contribution >= 0.6 is 11.8 Å². The van der Waals surface area contributed by atoms with Crippen molar-refractivity contribution in [3.05, 3.63) is 71.1 Å². The van der Waals surface area contributed by atoms with E-state index in [-0.39, 0.29) is 5.82 Å². The zero-order valence-electron chi connectivity index (χ0n) is 12.1. The van der Waals surface area contributed by atoms with Gasteiger partial charge in [-0.3, -0.25) is 0 Å². The van der Waals surface area contributed by atoms with Crippen LogP contribution in [0.25, 0.3) is 21.7 Å². The van der Waals surface area contributed by atoms with Crippen molar-refractivity contribution >= 4 is 39.3 Å². The molecule has 0 fully saturated rings. The molecule has 0 atom stereocenters. The zero-order valence-corrected chi connectivity index (χ0v) is 12.9. The first-order chi connectivity index (χ1) is 11.2. The van der Waals surface area contributed by atoms with Gasteiger partial charge >= 0.3 is 5.69 Å². The molecule has 5 heteroatoms. The van der Waals surface area contributed by atoms with Crippen LogP contribution in [0.3, 0.4) is 0 Å². The molecule has 23 heavy (non-hydrogen) atoms. The number of anilines is 1. The van der Waals surface area contributed by atoms with Gasteiger partial charge in [-0.2, -0.15) is 4.98 Å². The number of nitrogen functional groups attached to an aromatic ring is 1. The maximum atomic E-state index is 11.4. The van der Waals surface area contributed by atoms with Crippen LogP contribution in [-0.4, -0.2) is 9.97 Å². The Kier molecular flexibility index (Phi) is 3.28. The van der Waals surface area contributed by atoms with Crippen LogP contribution in [0, 0.1) is 0 Å². The highest BCUT2D eigenvalue weighted by Gasteiger charge is 2.05. The van der Waals surface area contributed by atoms with E-state index < -0.39 is 5.69 Å². The summed E-state index contributed by atoms with van der Waals surface area (Å²) in [5.41, 5.74) is 6.13. The maximum Gasteiger partial charge on any atom is 0.347 e. The summed E-state index contributed by atoms with van der Waals surface area (Å²) in [7, 11) is 0. The molecule has 0 spiro atoms. The molecule has 0 radical (unpaired) electrons. The predicted octanol–water partition coefficient (Wildman–Crippen LogP) is 3.81. The molecule has 0 aliphatic heterocycles. The van der Waals surface area contributed by atoms with Crippen molar-refractivity contribution in [3.63, 3.8) is 0 Å². The normalized spacial score (nSPS) is 11.1. The molecule has 1 heterocycles. The summed E-state index contributed by atoms with van der Waals surface area (Å²) < 4.78 is 0. The molecule has 1 aromatic heterocycles. The largest absolute Gasteiger partial charge is 0.383 e. The highest BCUT2D eigenvalue weighted by Crippen LogP contribution is 2.32. The Balaban J connectivity index is 1.75. The second-order valence-corrected chi connectivity index (χ2v) is 6.39. The lowest BCUT2D eigenvalue weighted by Gasteiger charge is -2.06. The van der Waals surface area contributed by atoms with Crippen molar-refractivity contribution in [2.24, 2.45) is 0 Å². The fraction of sp³-hybridized carbons (Fsp3) is 0. The number of hydrogen-bond donors (Lipinski definition) is 2. The standard InChI is InChI=1S/C18H13N3OS/c19-17-15-10-14(7-8-16(15)20-18(22)21-17)23-13-6-5-11-3-1-2-4-12(11)9-13/h1-10H,(H3,19,20,21,22). The summed E-state index contributed by atoms with van der Waals surface area (Å²) in [6.45, 7) is 0. The van der Waals surface area contributed by atoms with Gasteiger partial charge < -0.3 is 10.7 Å². The Hall–Kier alpha value is -2.79. The van der Waals surface area contributed by atoms with Crippen LogP contribution in [0.2, 0.25) is 0 Å². The maximum absolute atomic E-state index is 11.4. The van der Waals surface area contributed by atoms with E-state index in [0.29, 0.717) is 5.52 Å². The molecule has 0 amide bonds. The minimum Gasteiger partial charge on any atom is -0.383 e. The van der Waals surface area contributed by atoms with Crippen molar-refractivity contribution in [2.75, 3.05) is 5.73 Å². The summed E-state index contributed by atoms with van der Waals surface area (Å²) in [6, 6.07) is 20.4. The summed E-state index contributed by atoms with van der Waals surface area (Å²) in [5, 5.41) is 3.19. The predicted molar refractivity (Wildman–Crippen MR) is 94.8 cm³/mol. The fourth-order valence-corrected chi connectivity index (χ4v) is 3.49. The number of rotatable bonds is 2. The highest BCUT2D eigenvalue weighted by molar-refractivity contribution is 7.99. The van der Waals surface area contributed by atoms with E-state index in [0.717, 1.165) is 15.2 Å². The average Bonchev–Trinajstić information content (AvgIpc) is 2.55. The summed E-state index contributed by atoms with van der Waals surface area (Å²) in [4.78, 5) is 20.0. The molecule has 0 unspecified atom stereocenters. The van der Waals surface area contributed by atoms with E-state index in [1.54, 1.807) is 11.8 Å². The minimum absolute atomic E-state index is 0.254. The summed E-state index contributed by atoms with van der Waals surface area (Å²) >= 11 is 1.65. The SMILES string of the molecule is Nc1nc(=O)[nH]c2ccc(Sc3ccc4ccccc4c3)cc12. The van der Waals surface area contributed by atoms with E-state index >= 15 is 0 Å². The van der Waals surface area contributed by atoms with Crippen LogP contribution in [0.5, 0.6) is 0 Å². The number of aromatic amines is 1. The van der Waals surface area contributed by atoms with Gasteiger partial charge in [0.15, 0.2) is 0 Å². The Bertz CT molecular complexity index is 1090. The topological polar surface area (TPSA) is 71.8 Å². The van der Waals surface area contributed by atoms with Crippen LogP contribution in [-0.2, 0) is 0 Å². The van der Waals surface area contributed by atoms with Crippen molar-refractivity contribution in [1.82, 2.24) is 9.97 Å². The number of aromatic nitrogens is 2. The Morgan fingerprint density at radius 1 is 0.913 bits per heavy atom. The molecule has 4 nitrogen and oxygen atoms in total. The number of hydrogen-bond acceptors (Lipinski definition) is 4. The Morgan fingerprint density at radius 2 is 1.65 bits per heavy atom. The van der Waals surface area contributed by atoms with Gasteiger partial charge in [0.05, 0.1) is 5.52 Å². The molecule has 4 aromatic rings. The minimum atomic E-state index is -0.426. The van der Waals surface area contributed by atoms with E-state index in [2.05, 4.69) is 40.3 Å². The number of nitrogens with zero attached hydrogens (tertiary/aromatic N) is 1. The van der Waals surface area contributed by atoms with Gasteiger partial charge in [-0.1, -0.05) is 42.1 Å². The molecular formula is C18H13N3OS. The first-order valence-corrected chi connectivity index (χ1v) is 7.97. The molecule has 0 saturated carbocycles. The molecule has 0 aliphatic carbocycles. The quantitative estimate of drug-likeness (QED) is 0.589. The van der Waals surface area contributed by atoms with E-state index in [1.807, 2.05) is 30.3 Å².